The lowest BCUT2D eigenvalue weighted by atomic mass is 9.86. The van der Waals surface area contributed by atoms with Crippen molar-refractivity contribution in [3.8, 4) is 0 Å². The van der Waals surface area contributed by atoms with E-state index in [9.17, 15) is 14.4 Å². The summed E-state index contributed by atoms with van der Waals surface area (Å²) >= 11 is 0. The molecule has 0 atom stereocenters. The smallest absolute Gasteiger partial charge is 0.324 e. The van der Waals surface area contributed by atoms with E-state index in [4.69, 9.17) is 0 Å². The van der Waals surface area contributed by atoms with Crippen molar-refractivity contribution in [2.45, 2.75) is 25.9 Å². The van der Waals surface area contributed by atoms with Gasteiger partial charge >= 0.3 is 7.60 Å². The lowest BCUT2D eigenvalue weighted by Crippen LogP contribution is -2.00. The molecule has 0 aromatic heterocycles. The van der Waals surface area contributed by atoms with E-state index in [1.807, 2.05) is 6.07 Å². The van der Waals surface area contributed by atoms with Crippen LogP contribution in [0.15, 0.2) is 48.5 Å². The van der Waals surface area contributed by atoms with E-state index >= 15 is 0 Å². The van der Waals surface area contributed by atoms with Crippen molar-refractivity contribution in [2.75, 3.05) is 0 Å². The van der Waals surface area contributed by atoms with E-state index in [-0.39, 0.29) is 12.1 Å². The van der Waals surface area contributed by atoms with Crippen LogP contribution >= 0.6 is 7.60 Å². The van der Waals surface area contributed by atoms with Crippen LogP contribution in [0, 0.1) is 0 Å². The van der Waals surface area contributed by atoms with Gasteiger partial charge in [-0.25, -0.2) is 0 Å². The second-order valence-corrected chi connectivity index (χ2v) is 8.43. The van der Waals surface area contributed by atoms with Crippen LogP contribution in [0.25, 0.3) is 32.3 Å². The molecule has 2 N–H and O–H groups in total. The van der Waals surface area contributed by atoms with Gasteiger partial charge in [0.15, 0.2) is 0 Å². The molecule has 4 aromatic rings. The molecule has 0 aliphatic heterocycles. The van der Waals surface area contributed by atoms with Crippen molar-refractivity contribution in [3.05, 3.63) is 59.7 Å². The van der Waals surface area contributed by atoms with Gasteiger partial charge in [-0.2, -0.15) is 0 Å². The molecule has 0 unspecified atom stereocenters. The maximum atomic E-state index is 11.6. The summed E-state index contributed by atoms with van der Waals surface area (Å²) in [6, 6.07) is 16.6. The Labute approximate surface area is 140 Å². The summed E-state index contributed by atoms with van der Waals surface area (Å²) in [5.74, 6) is 0.191. The Bertz CT molecular complexity index is 1090. The van der Waals surface area contributed by atoms with E-state index in [1.54, 1.807) is 0 Å². The number of rotatable bonds is 3. The lowest BCUT2D eigenvalue weighted by molar-refractivity contribution is 0.371. The van der Waals surface area contributed by atoms with E-state index in [0.717, 1.165) is 21.9 Å². The molecule has 0 heterocycles. The predicted octanol–water partition coefficient (Wildman–Crippen LogP) is 5.39. The van der Waals surface area contributed by atoms with E-state index < -0.39 is 7.60 Å². The highest BCUT2D eigenvalue weighted by molar-refractivity contribution is 7.50. The van der Waals surface area contributed by atoms with E-state index in [2.05, 4.69) is 56.3 Å². The molecule has 4 rings (SSSR count). The zero-order valence-electron chi connectivity index (χ0n) is 13.7. The minimum atomic E-state index is -4.12. The monoisotopic (exact) mass is 338 g/mol. The average Bonchev–Trinajstić information content (AvgIpc) is 2.50. The van der Waals surface area contributed by atoms with Gasteiger partial charge in [0.05, 0.1) is 6.16 Å². The topological polar surface area (TPSA) is 57.5 Å². The van der Waals surface area contributed by atoms with Gasteiger partial charge in [-0.05, 0) is 49.4 Å². The van der Waals surface area contributed by atoms with Crippen molar-refractivity contribution in [3.63, 3.8) is 0 Å². The van der Waals surface area contributed by atoms with Crippen molar-refractivity contribution < 1.29 is 14.4 Å². The highest BCUT2D eigenvalue weighted by atomic mass is 31.2. The van der Waals surface area contributed by atoms with Crippen molar-refractivity contribution >= 4 is 39.9 Å². The molecule has 0 saturated carbocycles. The van der Waals surface area contributed by atoms with Crippen LogP contribution in [-0.2, 0) is 10.7 Å². The average molecular weight is 338 g/mol. The van der Waals surface area contributed by atoms with Crippen LogP contribution in [0.4, 0.5) is 0 Å². The molecular formula is C20H19O3P. The molecule has 0 fully saturated rings. The van der Waals surface area contributed by atoms with Crippen LogP contribution in [0.1, 0.15) is 30.9 Å². The van der Waals surface area contributed by atoms with E-state index in [1.165, 1.54) is 21.5 Å². The summed E-state index contributed by atoms with van der Waals surface area (Å²) in [7, 11) is -4.12. The van der Waals surface area contributed by atoms with Gasteiger partial charge in [-0.3, -0.25) is 4.57 Å². The molecule has 3 nitrogen and oxygen atoms in total. The van der Waals surface area contributed by atoms with Crippen molar-refractivity contribution in [1.82, 2.24) is 0 Å². The maximum Gasteiger partial charge on any atom is 0.329 e. The molecule has 0 amide bonds. The molecule has 0 saturated heterocycles. The molecule has 4 aromatic carbocycles. The molecule has 0 spiro atoms. The quantitative estimate of drug-likeness (QED) is 0.389. The van der Waals surface area contributed by atoms with Crippen LogP contribution in [0.3, 0.4) is 0 Å². The van der Waals surface area contributed by atoms with Crippen LogP contribution < -0.4 is 0 Å². The SMILES string of the molecule is CC(C)c1c(CP(=O)(O)O)cc2ccc3cccc4ccc1c2c34. The number of hydrogen-bond donors (Lipinski definition) is 2. The molecule has 0 aliphatic rings. The highest BCUT2D eigenvalue weighted by Gasteiger charge is 2.22. The van der Waals surface area contributed by atoms with Gasteiger partial charge < -0.3 is 9.79 Å². The highest BCUT2D eigenvalue weighted by Crippen LogP contribution is 2.45. The summed E-state index contributed by atoms with van der Waals surface area (Å²) in [5.41, 5.74) is 1.80. The molecule has 0 radical (unpaired) electrons. The van der Waals surface area contributed by atoms with Gasteiger partial charge in [0.1, 0.15) is 0 Å². The number of benzene rings is 4. The Balaban J connectivity index is 2.19. The first-order chi connectivity index (χ1) is 11.3. The zero-order valence-corrected chi connectivity index (χ0v) is 14.5. The minimum absolute atomic E-state index is 0.191. The fourth-order valence-corrected chi connectivity index (χ4v) is 4.63. The van der Waals surface area contributed by atoms with Crippen molar-refractivity contribution in [1.29, 1.82) is 0 Å². The predicted molar refractivity (Wildman–Crippen MR) is 100.0 cm³/mol. The fraction of sp³-hybridized carbons (Fsp3) is 0.200. The molecule has 0 bridgehead atoms. The van der Waals surface area contributed by atoms with Gasteiger partial charge in [0.25, 0.3) is 0 Å². The molecule has 0 aliphatic carbocycles. The van der Waals surface area contributed by atoms with Crippen LogP contribution in [0.5, 0.6) is 0 Å². The molecule has 24 heavy (non-hydrogen) atoms. The Hall–Kier alpha value is -1.93. The summed E-state index contributed by atoms with van der Waals surface area (Å²) in [6.07, 6.45) is -0.211. The third kappa shape index (κ3) is 2.41. The second-order valence-electron chi connectivity index (χ2n) is 6.78. The third-order valence-corrected chi connectivity index (χ3v) is 5.48. The van der Waals surface area contributed by atoms with Crippen LogP contribution in [0.2, 0.25) is 0 Å². The standard InChI is InChI=1S/C20H19O3P/c1-12(2)18-16(11-24(21,22)23)10-15-7-6-13-4-3-5-14-8-9-17(18)20(15)19(13)14/h3-10,12H,11H2,1-2H3,(H2,21,22,23). The second kappa shape index (κ2) is 5.29. The largest absolute Gasteiger partial charge is 0.329 e. The normalized spacial score (nSPS) is 12.9. The van der Waals surface area contributed by atoms with Crippen LogP contribution in [-0.4, -0.2) is 9.79 Å². The van der Waals surface area contributed by atoms with Gasteiger partial charge in [0, 0.05) is 0 Å². The molecule has 122 valence electrons. The zero-order chi connectivity index (χ0) is 17.1. The Morgan fingerprint density at radius 2 is 1.54 bits per heavy atom. The summed E-state index contributed by atoms with van der Waals surface area (Å²) in [4.78, 5) is 19.0. The summed E-state index contributed by atoms with van der Waals surface area (Å²) in [6.45, 7) is 4.16. The number of hydrogen-bond acceptors (Lipinski definition) is 1. The van der Waals surface area contributed by atoms with E-state index in [0.29, 0.717) is 0 Å². The van der Waals surface area contributed by atoms with Gasteiger partial charge in [-0.15, -0.1) is 0 Å². The minimum Gasteiger partial charge on any atom is -0.324 e. The summed E-state index contributed by atoms with van der Waals surface area (Å²) < 4.78 is 11.6. The molecule has 4 heteroatoms. The Morgan fingerprint density at radius 3 is 2.17 bits per heavy atom. The maximum absolute atomic E-state index is 11.6. The first-order valence-corrected chi connectivity index (χ1v) is 9.89. The Kier molecular flexibility index (Phi) is 3.43. The lowest BCUT2D eigenvalue weighted by Gasteiger charge is -2.20. The van der Waals surface area contributed by atoms with Gasteiger partial charge in [0.2, 0.25) is 0 Å². The molecular weight excluding hydrogens is 319 g/mol. The fourth-order valence-electron chi connectivity index (χ4n) is 3.93. The van der Waals surface area contributed by atoms with Gasteiger partial charge in [-0.1, -0.05) is 62.4 Å². The Morgan fingerprint density at radius 1 is 0.917 bits per heavy atom. The van der Waals surface area contributed by atoms with Crippen molar-refractivity contribution in [2.24, 2.45) is 0 Å². The first-order valence-electron chi connectivity index (χ1n) is 8.09. The third-order valence-electron chi connectivity index (χ3n) is 4.73. The summed E-state index contributed by atoms with van der Waals surface area (Å²) in [5, 5.41) is 6.98. The first kappa shape index (κ1) is 15.6.